The fraction of sp³-hybridized carbons (Fsp3) is 0.133. The third-order valence-corrected chi connectivity index (χ3v) is 3.59. The number of nitrogens with one attached hydrogen (secondary N) is 1. The minimum Gasteiger partial charge on any atom is -0.423 e. The largest absolute Gasteiger partial charge is 0.491 e. The number of nitrogen functional groups attached to an aromatic ring is 1. The van der Waals surface area contributed by atoms with E-state index in [2.05, 4.69) is 0 Å². The summed E-state index contributed by atoms with van der Waals surface area (Å²) in [6.45, 7) is 0. The number of hydrogen-bond donors (Lipinski definition) is 3. The second-order valence-electron chi connectivity index (χ2n) is 4.92. The van der Waals surface area contributed by atoms with Crippen LogP contribution in [-0.4, -0.2) is 18.0 Å². The molecular weight excluding hydrogens is 251 g/mol. The van der Waals surface area contributed by atoms with Crippen molar-refractivity contribution < 1.29 is 9.68 Å². The number of rotatable bonds is 2. The zero-order valence-electron chi connectivity index (χ0n) is 10.9. The minimum atomic E-state index is -0.911. The van der Waals surface area contributed by atoms with Gasteiger partial charge in [0.15, 0.2) is 0 Å². The highest BCUT2D eigenvalue weighted by atomic mass is 16.5. The van der Waals surface area contributed by atoms with Crippen LogP contribution in [0.3, 0.4) is 0 Å². The van der Waals surface area contributed by atoms with E-state index in [1.165, 1.54) is 0 Å². The Labute approximate surface area is 117 Å². The standard InChI is InChI=1S/C15H15BN2O2/c17-15(18)12-6-3-5-11(8-12)14-9-10-4-1-2-7-13(10)16(19)20-14/h1-8,14,19H,9H2,(H3,17,18). The van der Waals surface area contributed by atoms with Crippen LogP contribution in [0.5, 0.6) is 0 Å². The van der Waals surface area contributed by atoms with E-state index in [-0.39, 0.29) is 11.9 Å². The Morgan fingerprint density at radius 3 is 2.85 bits per heavy atom. The topological polar surface area (TPSA) is 79.3 Å². The Morgan fingerprint density at radius 2 is 2.05 bits per heavy atom. The molecule has 0 bridgehead atoms. The van der Waals surface area contributed by atoms with Crippen LogP contribution < -0.4 is 11.2 Å². The summed E-state index contributed by atoms with van der Waals surface area (Å²) in [6.07, 6.45) is 0.480. The number of nitrogens with two attached hydrogens (primary N) is 1. The highest BCUT2D eigenvalue weighted by Crippen LogP contribution is 2.26. The Bertz CT molecular complexity index is 660. The second-order valence-corrected chi connectivity index (χ2v) is 4.92. The summed E-state index contributed by atoms with van der Waals surface area (Å²) in [5, 5.41) is 17.6. The first kappa shape index (κ1) is 12.9. The van der Waals surface area contributed by atoms with Crippen molar-refractivity contribution in [3.05, 3.63) is 65.2 Å². The molecule has 0 radical (unpaired) electrons. The molecule has 0 fully saturated rings. The predicted octanol–water partition coefficient (Wildman–Crippen LogP) is 0.972. The van der Waals surface area contributed by atoms with Gasteiger partial charge in [0.2, 0.25) is 0 Å². The van der Waals surface area contributed by atoms with Crippen LogP contribution >= 0.6 is 0 Å². The lowest BCUT2D eigenvalue weighted by Crippen LogP contribution is -2.42. The summed E-state index contributed by atoms with van der Waals surface area (Å²) in [4.78, 5) is 0. The van der Waals surface area contributed by atoms with Gasteiger partial charge < -0.3 is 15.4 Å². The van der Waals surface area contributed by atoms with E-state index in [9.17, 15) is 5.02 Å². The molecule has 0 spiro atoms. The van der Waals surface area contributed by atoms with Gasteiger partial charge in [-0.15, -0.1) is 0 Å². The van der Waals surface area contributed by atoms with E-state index < -0.39 is 7.12 Å². The molecule has 1 unspecified atom stereocenters. The van der Waals surface area contributed by atoms with Gasteiger partial charge in [-0.05, 0) is 22.7 Å². The summed E-state index contributed by atoms with van der Waals surface area (Å²) in [7, 11) is -0.911. The molecule has 100 valence electrons. The van der Waals surface area contributed by atoms with Gasteiger partial charge in [0.25, 0.3) is 0 Å². The van der Waals surface area contributed by atoms with Gasteiger partial charge >= 0.3 is 7.12 Å². The lowest BCUT2D eigenvalue weighted by molar-refractivity contribution is 0.168. The van der Waals surface area contributed by atoms with Gasteiger partial charge in [0, 0.05) is 12.0 Å². The van der Waals surface area contributed by atoms with Gasteiger partial charge in [0.05, 0.1) is 6.10 Å². The first-order valence-electron chi connectivity index (χ1n) is 6.51. The van der Waals surface area contributed by atoms with E-state index >= 15 is 0 Å². The zero-order chi connectivity index (χ0) is 14.1. The summed E-state index contributed by atoms with van der Waals surface area (Å²) in [6, 6.07) is 15.1. The van der Waals surface area contributed by atoms with E-state index in [0.717, 1.165) is 16.6 Å². The third kappa shape index (κ3) is 2.33. The van der Waals surface area contributed by atoms with Crippen LogP contribution in [0.4, 0.5) is 0 Å². The van der Waals surface area contributed by atoms with Crippen molar-refractivity contribution in [3.63, 3.8) is 0 Å². The Morgan fingerprint density at radius 1 is 1.25 bits per heavy atom. The molecule has 4 N–H and O–H groups in total. The average molecular weight is 266 g/mol. The summed E-state index contributed by atoms with van der Waals surface area (Å²) >= 11 is 0. The van der Waals surface area contributed by atoms with Crippen molar-refractivity contribution in [2.45, 2.75) is 12.5 Å². The van der Waals surface area contributed by atoms with Crippen molar-refractivity contribution in [1.29, 1.82) is 5.41 Å². The summed E-state index contributed by atoms with van der Waals surface area (Å²) in [5.41, 5.74) is 9.01. The van der Waals surface area contributed by atoms with Crippen LogP contribution in [0.25, 0.3) is 0 Å². The number of benzene rings is 2. The Hall–Kier alpha value is -2.11. The fourth-order valence-corrected chi connectivity index (χ4v) is 2.54. The summed E-state index contributed by atoms with van der Waals surface area (Å²) in [5.74, 6) is 0.0311. The average Bonchev–Trinajstić information content (AvgIpc) is 2.47. The van der Waals surface area contributed by atoms with Crippen LogP contribution in [0.15, 0.2) is 48.5 Å². The Balaban J connectivity index is 1.93. The molecule has 2 aromatic rings. The predicted molar refractivity (Wildman–Crippen MR) is 79.0 cm³/mol. The molecule has 5 heteroatoms. The molecule has 3 rings (SSSR count). The number of hydrogen-bond acceptors (Lipinski definition) is 3. The smallest absolute Gasteiger partial charge is 0.423 e. The van der Waals surface area contributed by atoms with E-state index in [4.69, 9.17) is 15.8 Å². The monoisotopic (exact) mass is 266 g/mol. The van der Waals surface area contributed by atoms with Gasteiger partial charge in [-0.3, -0.25) is 5.41 Å². The van der Waals surface area contributed by atoms with Crippen molar-refractivity contribution in [2.24, 2.45) is 5.73 Å². The quantitative estimate of drug-likeness (QED) is 0.430. The first-order valence-corrected chi connectivity index (χ1v) is 6.51. The molecule has 0 saturated heterocycles. The fourth-order valence-electron chi connectivity index (χ4n) is 2.54. The van der Waals surface area contributed by atoms with Gasteiger partial charge in [-0.25, -0.2) is 0 Å². The van der Waals surface area contributed by atoms with Crippen molar-refractivity contribution in [2.75, 3.05) is 0 Å². The molecule has 1 heterocycles. The van der Waals surface area contributed by atoms with Gasteiger partial charge in [0.1, 0.15) is 5.84 Å². The molecular formula is C15H15BN2O2. The molecule has 4 nitrogen and oxygen atoms in total. The van der Waals surface area contributed by atoms with Crippen LogP contribution in [0, 0.1) is 5.41 Å². The molecule has 1 aliphatic rings. The molecule has 0 aliphatic carbocycles. The maximum Gasteiger partial charge on any atom is 0.491 e. The van der Waals surface area contributed by atoms with Crippen molar-refractivity contribution >= 4 is 18.4 Å². The highest BCUT2D eigenvalue weighted by molar-refractivity contribution is 6.60. The van der Waals surface area contributed by atoms with Gasteiger partial charge in [-0.1, -0.05) is 42.5 Å². The van der Waals surface area contributed by atoms with Crippen LogP contribution in [0.1, 0.15) is 22.8 Å². The lowest BCUT2D eigenvalue weighted by atomic mass is 9.71. The Kier molecular flexibility index (Phi) is 3.30. The number of fused-ring (bicyclic) bond motifs is 1. The number of amidine groups is 1. The molecule has 1 atom stereocenters. The maximum absolute atomic E-state index is 10.1. The highest BCUT2D eigenvalue weighted by Gasteiger charge is 2.31. The van der Waals surface area contributed by atoms with E-state index in [0.29, 0.717) is 12.0 Å². The lowest BCUT2D eigenvalue weighted by Gasteiger charge is -2.28. The SMILES string of the molecule is N=C(N)c1cccc(C2Cc3ccccc3B(O)O2)c1. The normalized spacial score (nSPS) is 17.6. The second kappa shape index (κ2) is 5.11. The molecule has 2 aromatic carbocycles. The van der Waals surface area contributed by atoms with E-state index in [1.807, 2.05) is 42.5 Å². The molecule has 0 saturated carbocycles. The van der Waals surface area contributed by atoms with E-state index in [1.54, 1.807) is 6.07 Å². The summed E-state index contributed by atoms with van der Waals surface area (Å²) < 4.78 is 5.68. The first-order chi connectivity index (χ1) is 9.65. The van der Waals surface area contributed by atoms with Crippen LogP contribution in [0.2, 0.25) is 0 Å². The molecule has 0 aromatic heterocycles. The maximum atomic E-state index is 10.1. The zero-order valence-corrected chi connectivity index (χ0v) is 10.9. The molecule has 1 aliphatic heterocycles. The molecule has 20 heavy (non-hydrogen) atoms. The van der Waals surface area contributed by atoms with Crippen molar-refractivity contribution in [1.82, 2.24) is 0 Å². The van der Waals surface area contributed by atoms with Crippen molar-refractivity contribution in [3.8, 4) is 0 Å². The minimum absolute atomic E-state index is 0.0311. The van der Waals surface area contributed by atoms with Crippen LogP contribution in [-0.2, 0) is 11.1 Å². The van der Waals surface area contributed by atoms with Gasteiger partial charge in [-0.2, -0.15) is 0 Å². The third-order valence-electron chi connectivity index (χ3n) is 3.59. The molecule has 0 amide bonds.